The van der Waals surface area contributed by atoms with Gasteiger partial charge in [-0.1, -0.05) is 34.1 Å². The lowest BCUT2D eigenvalue weighted by Gasteiger charge is -2.67. The van der Waals surface area contributed by atoms with Crippen LogP contribution in [0.3, 0.4) is 0 Å². The van der Waals surface area contributed by atoms with E-state index in [0.29, 0.717) is 34.4 Å². The molecule has 11 atom stereocenters. The molecule has 0 aliphatic heterocycles. The minimum atomic E-state index is -1.25. The molecule has 11 unspecified atom stereocenters. The van der Waals surface area contributed by atoms with Crippen LogP contribution in [0.4, 0.5) is 0 Å². The van der Waals surface area contributed by atoms with Gasteiger partial charge in [0.25, 0.3) is 0 Å². The Kier molecular flexibility index (Phi) is 6.03. The summed E-state index contributed by atoms with van der Waals surface area (Å²) in [6.07, 6.45) is 13.6. The molecule has 0 heterocycles. The van der Waals surface area contributed by atoms with Crippen LogP contribution in [0.5, 0.6) is 0 Å². The number of ether oxygens (including phenoxy) is 1. The van der Waals surface area contributed by atoms with Crippen LogP contribution in [0.2, 0.25) is 0 Å². The summed E-state index contributed by atoms with van der Waals surface area (Å²) in [5.41, 5.74) is 1.42. The highest BCUT2D eigenvalue weighted by Gasteiger charge is 2.64. The quantitative estimate of drug-likeness (QED) is 0.418. The zero-order valence-corrected chi connectivity index (χ0v) is 21.4. The molecule has 0 spiro atoms. The first-order valence-corrected chi connectivity index (χ1v) is 14.0. The van der Waals surface area contributed by atoms with Crippen LogP contribution in [-0.4, -0.2) is 29.6 Å². The molecule has 5 fully saturated rings. The summed E-state index contributed by atoms with van der Waals surface area (Å²) in [5, 5.41) is 9.51. The molecule has 33 heavy (non-hydrogen) atoms. The molecule has 0 saturated heterocycles. The summed E-state index contributed by atoms with van der Waals surface area (Å²) in [7, 11) is 0. The van der Waals surface area contributed by atoms with Crippen molar-refractivity contribution in [1.29, 1.82) is 0 Å². The number of hydrogen-bond acceptors (Lipinski definition) is 4. The van der Waals surface area contributed by atoms with E-state index < -0.39 is 12.1 Å². The van der Waals surface area contributed by atoms with Crippen molar-refractivity contribution in [2.45, 2.75) is 117 Å². The van der Waals surface area contributed by atoms with Crippen LogP contribution < -0.4 is 0 Å². The average molecular weight is 459 g/mol. The summed E-state index contributed by atoms with van der Waals surface area (Å²) in [6, 6.07) is 0. The van der Waals surface area contributed by atoms with Gasteiger partial charge in [-0.2, -0.15) is 0 Å². The zero-order valence-electron chi connectivity index (χ0n) is 21.4. The van der Waals surface area contributed by atoms with E-state index in [1.807, 2.05) is 0 Å². The Morgan fingerprint density at radius 2 is 1.64 bits per heavy atom. The standard InChI is InChI=1S/C29H46O4/c1-18-21-10-14-29(4)23-9-13-27(2)12-5-6-22(27)20(23)7-8-25(29)28(21,3)15-11-24(18)33-26(32)16-19(31)17-30/h17-25,31H,5-16H2,1-4H3. The number of fused-ring (bicyclic) bond motifs is 7. The van der Waals surface area contributed by atoms with Crippen molar-refractivity contribution in [3.63, 3.8) is 0 Å². The van der Waals surface area contributed by atoms with E-state index >= 15 is 0 Å². The maximum absolute atomic E-state index is 12.3. The van der Waals surface area contributed by atoms with E-state index in [-0.39, 0.29) is 12.5 Å². The third-order valence-electron chi connectivity index (χ3n) is 12.3. The summed E-state index contributed by atoms with van der Waals surface area (Å²) < 4.78 is 5.82. The second-order valence-corrected chi connectivity index (χ2v) is 13.6. The van der Waals surface area contributed by atoms with Gasteiger partial charge in [0.15, 0.2) is 0 Å². The molecule has 0 bridgehead atoms. The first kappa shape index (κ1) is 23.8. The van der Waals surface area contributed by atoms with Crippen molar-refractivity contribution in [2.24, 2.45) is 51.8 Å². The largest absolute Gasteiger partial charge is 0.462 e. The van der Waals surface area contributed by atoms with Crippen molar-refractivity contribution in [2.75, 3.05) is 0 Å². The Labute approximate surface area is 200 Å². The van der Waals surface area contributed by atoms with Crippen molar-refractivity contribution in [3.8, 4) is 0 Å². The number of carbonyl (C=O) groups excluding carboxylic acids is 2. The van der Waals surface area contributed by atoms with Gasteiger partial charge in [0.05, 0.1) is 6.42 Å². The summed E-state index contributed by atoms with van der Waals surface area (Å²) in [6.45, 7) is 10.1. The molecular formula is C29H46O4. The lowest BCUT2D eigenvalue weighted by atomic mass is 9.38. The molecule has 0 amide bonds. The average Bonchev–Trinajstić information content (AvgIpc) is 3.17. The Morgan fingerprint density at radius 1 is 0.939 bits per heavy atom. The molecule has 1 N–H and O–H groups in total. The van der Waals surface area contributed by atoms with Gasteiger partial charge in [0, 0.05) is 0 Å². The Bertz CT molecular complexity index is 780. The number of aldehydes is 1. The van der Waals surface area contributed by atoms with Crippen molar-refractivity contribution in [3.05, 3.63) is 0 Å². The molecule has 5 saturated carbocycles. The van der Waals surface area contributed by atoms with Gasteiger partial charge >= 0.3 is 5.97 Å². The maximum atomic E-state index is 12.3. The fraction of sp³-hybridized carbons (Fsp3) is 0.931. The number of carbonyl (C=O) groups is 2. The van der Waals surface area contributed by atoms with Crippen molar-refractivity contribution >= 4 is 12.3 Å². The number of esters is 1. The monoisotopic (exact) mass is 458 g/mol. The summed E-state index contributed by atoms with van der Waals surface area (Å²) >= 11 is 0. The zero-order chi connectivity index (χ0) is 23.6. The van der Waals surface area contributed by atoms with E-state index in [1.165, 1.54) is 57.8 Å². The van der Waals surface area contributed by atoms with Crippen LogP contribution >= 0.6 is 0 Å². The predicted octanol–water partition coefficient (Wildman–Crippen LogP) is 5.94. The molecular weight excluding hydrogens is 412 g/mol. The Balaban J connectivity index is 1.32. The van der Waals surface area contributed by atoms with Crippen LogP contribution in [0.15, 0.2) is 0 Å². The normalized spacial score (nSPS) is 52.0. The molecule has 5 rings (SSSR count). The number of aliphatic hydroxyl groups excluding tert-OH is 1. The molecule has 0 aromatic rings. The van der Waals surface area contributed by atoms with Gasteiger partial charge in [0.2, 0.25) is 0 Å². The fourth-order valence-electron chi connectivity index (χ4n) is 10.7. The first-order valence-electron chi connectivity index (χ1n) is 14.0. The molecule has 186 valence electrons. The van der Waals surface area contributed by atoms with E-state index in [1.54, 1.807) is 0 Å². The van der Waals surface area contributed by atoms with E-state index in [2.05, 4.69) is 27.7 Å². The Hall–Kier alpha value is -0.900. The van der Waals surface area contributed by atoms with Gasteiger partial charge in [-0.3, -0.25) is 4.79 Å². The van der Waals surface area contributed by atoms with Gasteiger partial charge in [-0.05, 0) is 116 Å². The molecule has 5 aliphatic carbocycles. The number of hydrogen-bond donors (Lipinski definition) is 1. The third kappa shape index (κ3) is 3.64. The van der Waals surface area contributed by atoms with Crippen LogP contribution in [-0.2, 0) is 14.3 Å². The third-order valence-corrected chi connectivity index (χ3v) is 12.3. The molecule has 0 aromatic carbocycles. The van der Waals surface area contributed by atoms with Crippen LogP contribution in [0.1, 0.15) is 105 Å². The smallest absolute Gasteiger partial charge is 0.309 e. The minimum absolute atomic E-state index is 0.0796. The van der Waals surface area contributed by atoms with Crippen molar-refractivity contribution in [1.82, 2.24) is 0 Å². The van der Waals surface area contributed by atoms with E-state index in [0.717, 1.165) is 36.5 Å². The number of aliphatic hydroxyl groups is 1. The van der Waals surface area contributed by atoms with Crippen LogP contribution in [0, 0.1) is 51.8 Å². The van der Waals surface area contributed by atoms with E-state index in [9.17, 15) is 14.7 Å². The minimum Gasteiger partial charge on any atom is -0.462 e. The SMILES string of the molecule is CC1C(OC(=O)CC(O)C=O)CCC2(C)C1CCC1(C)C3CCC4(C)CCCC4C3CCC21. The predicted molar refractivity (Wildman–Crippen MR) is 128 cm³/mol. The van der Waals surface area contributed by atoms with Gasteiger partial charge in [-0.25, -0.2) is 0 Å². The molecule has 0 aromatic heterocycles. The highest BCUT2D eigenvalue weighted by atomic mass is 16.5. The van der Waals surface area contributed by atoms with Gasteiger partial charge in [-0.15, -0.1) is 0 Å². The topological polar surface area (TPSA) is 63.6 Å². The Morgan fingerprint density at radius 3 is 2.39 bits per heavy atom. The lowest BCUT2D eigenvalue weighted by Crippen LogP contribution is -2.61. The molecule has 4 heteroatoms. The van der Waals surface area contributed by atoms with Crippen molar-refractivity contribution < 1.29 is 19.4 Å². The summed E-state index contributed by atoms with van der Waals surface area (Å²) in [5.74, 6) is 4.11. The summed E-state index contributed by atoms with van der Waals surface area (Å²) in [4.78, 5) is 23.0. The second kappa shape index (κ2) is 8.35. The number of rotatable bonds is 4. The second-order valence-electron chi connectivity index (χ2n) is 13.6. The fourth-order valence-corrected chi connectivity index (χ4v) is 10.7. The highest BCUT2D eigenvalue weighted by Crippen LogP contribution is 2.71. The van der Waals surface area contributed by atoms with Gasteiger partial charge in [0.1, 0.15) is 18.5 Å². The van der Waals surface area contributed by atoms with Crippen LogP contribution in [0.25, 0.3) is 0 Å². The maximum Gasteiger partial charge on any atom is 0.309 e. The van der Waals surface area contributed by atoms with E-state index in [4.69, 9.17) is 4.74 Å². The molecule has 0 radical (unpaired) electrons. The first-order chi connectivity index (χ1) is 15.6. The lowest BCUT2D eigenvalue weighted by molar-refractivity contribution is -0.201. The van der Waals surface area contributed by atoms with Gasteiger partial charge < -0.3 is 14.6 Å². The molecule has 4 nitrogen and oxygen atoms in total. The molecule has 5 aliphatic rings. The highest BCUT2D eigenvalue weighted by molar-refractivity contribution is 5.74.